The summed E-state index contributed by atoms with van der Waals surface area (Å²) >= 11 is 0. The van der Waals surface area contributed by atoms with Crippen LogP contribution < -0.4 is 0 Å². The summed E-state index contributed by atoms with van der Waals surface area (Å²) < 4.78 is 5.98. The maximum atomic E-state index is 12.8. The molecule has 0 amide bonds. The van der Waals surface area contributed by atoms with Gasteiger partial charge in [0.2, 0.25) is 0 Å². The van der Waals surface area contributed by atoms with Gasteiger partial charge in [-0.3, -0.25) is 4.79 Å². The Morgan fingerprint density at radius 3 is 2.70 bits per heavy atom. The number of piperidine rings is 1. The molecule has 3 fully saturated rings. The summed E-state index contributed by atoms with van der Waals surface area (Å²) in [6, 6.07) is 10.9. The normalized spacial score (nSPS) is 35.1. The summed E-state index contributed by atoms with van der Waals surface area (Å²) in [6.45, 7) is 7.90. The van der Waals surface area contributed by atoms with Gasteiger partial charge in [0.15, 0.2) is 0 Å². The zero-order chi connectivity index (χ0) is 20.7. The molecule has 162 valence electrons. The molecule has 4 atom stereocenters. The average Bonchev–Trinajstić information content (AvgIpc) is 3.02. The Bertz CT molecular complexity index is 807. The van der Waals surface area contributed by atoms with E-state index in [1.165, 1.54) is 44.1 Å². The highest BCUT2D eigenvalue weighted by Crippen LogP contribution is 2.55. The summed E-state index contributed by atoms with van der Waals surface area (Å²) in [4.78, 5) is 15.4. The van der Waals surface area contributed by atoms with E-state index in [1.807, 2.05) is 0 Å². The number of carbonyl (C=O) groups excluding carboxylic acids is 1. The number of fused-ring (bicyclic) bond motifs is 2. The fourth-order valence-corrected chi connectivity index (χ4v) is 6.92. The minimum atomic E-state index is 0.0763. The Kier molecular flexibility index (Phi) is 5.51. The molecule has 2 saturated heterocycles. The summed E-state index contributed by atoms with van der Waals surface area (Å²) in [5.41, 5.74) is 5.00. The quantitative estimate of drug-likeness (QED) is 0.494. The van der Waals surface area contributed by atoms with Crippen molar-refractivity contribution in [1.29, 1.82) is 0 Å². The Morgan fingerprint density at radius 1 is 1.17 bits per heavy atom. The molecule has 0 radical (unpaired) electrons. The molecule has 1 aromatic carbocycles. The van der Waals surface area contributed by atoms with Crippen LogP contribution in [0.5, 0.6) is 0 Å². The fourth-order valence-electron chi connectivity index (χ4n) is 6.92. The molecule has 0 bridgehead atoms. The molecule has 2 aliphatic heterocycles. The van der Waals surface area contributed by atoms with Crippen LogP contribution in [0.3, 0.4) is 0 Å². The van der Waals surface area contributed by atoms with Gasteiger partial charge in [-0.25, -0.2) is 0 Å². The van der Waals surface area contributed by atoms with E-state index in [-0.39, 0.29) is 23.4 Å². The maximum Gasteiger partial charge on any atom is 0.310 e. The first-order chi connectivity index (χ1) is 14.5. The Morgan fingerprint density at radius 2 is 1.93 bits per heavy atom. The number of hydrogen-bond donors (Lipinski definition) is 0. The summed E-state index contributed by atoms with van der Waals surface area (Å²) in [7, 11) is 0. The first-order valence-corrected chi connectivity index (χ1v) is 12.2. The Balaban J connectivity index is 1.20. The summed E-state index contributed by atoms with van der Waals surface area (Å²) in [5, 5.41) is 0. The first-order valence-electron chi connectivity index (χ1n) is 12.2. The third kappa shape index (κ3) is 3.86. The lowest BCUT2D eigenvalue weighted by Crippen LogP contribution is -2.43. The molecule has 2 aliphatic carbocycles. The molecular weight excluding hydrogens is 370 g/mol. The lowest BCUT2D eigenvalue weighted by Gasteiger charge is -2.46. The molecule has 4 unspecified atom stereocenters. The van der Waals surface area contributed by atoms with E-state index in [9.17, 15) is 4.79 Å². The molecule has 5 rings (SSSR count). The largest absolute Gasteiger partial charge is 0.462 e. The van der Waals surface area contributed by atoms with Gasteiger partial charge in [-0.15, -0.1) is 0 Å². The van der Waals surface area contributed by atoms with E-state index < -0.39 is 0 Å². The molecule has 1 aromatic rings. The van der Waals surface area contributed by atoms with Crippen molar-refractivity contribution >= 4 is 5.97 Å². The SMILES string of the molecule is CC1=C2CC3C(CC2(C)CCC1)OC(=O)C3CN1CCC(Cc2ccccc2)CC1. The van der Waals surface area contributed by atoms with Gasteiger partial charge in [-0.05, 0) is 88.3 Å². The van der Waals surface area contributed by atoms with Crippen molar-refractivity contribution in [3.05, 3.63) is 47.0 Å². The van der Waals surface area contributed by atoms with Crippen molar-refractivity contribution in [2.75, 3.05) is 19.6 Å². The number of likely N-dealkylation sites (tertiary alicyclic amines) is 1. The average molecular weight is 408 g/mol. The number of hydrogen-bond acceptors (Lipinski definition) is 3. The molecular formula is C27H37NO2. The number of rotatable bonds is 4. The zero-order valence-electron chi connectivity index (χ0n) is 18.7. The molecule has 4 aliphatic rings. The van der Waals surface area contributed by atoms with Gasteiger partial charge in [0.25, 0.3) is 0 Å². The number of nitrogens with zero attached hydrogens (tertiary/aromatic N) is 1. The number of esters is 1. The molecule has 1 saturated carbocycles. The van der Waals surface area contributed by atoms with Crippen LogP contribution in [0, 0.1) is 23.2 Å². The van der Waals surface area contributed by atoms with E-state index >= 15 is 0 Å². The molecule has 3 heteroatoms. The van der Waals surface area contributed by atoms with E-state index in [1.54, 1.807) is 11.1 Å². The van der Waals surface area contributed by atoms with Crippen LogP contribution in [0.25, 0.3) is 0 Å². The van der Waals surface area contributed by atoms with Crippen molar-refractivity contribution < 1.29 is 9.53 Å². The van der Waals surface area contributed by atoms with Crippen molar-refractivity contribution in [1.82, 2.24) is 4.90 Å². The standard InChI is InChI=1S/C27H37NO2/c1-19-7-6-12-27(2)17-25-22(16-24(19)27)23(26(29)30-25)18-28-13-10-21(11-14-28)15-20-8-4-3-5-9-20/h3-5,8-9,21-23,25H,6-7,10-18H2,1-2H3. The molecule has 2 heterocycles. The van der Waals surface area contributed by atoms with Gasteiger partial charge in [0.1, 0.15) is 6.10 Å². The molecule has 30 heavy (non-hydrogen) atoms. The first kappa shape index (κ1) is 20.3. The summed E-state index contributed by atoms with van der Waals surface area (Å²) in [5.74, 6) is 1.33. The van der Waals surface area contributed by atoms with Crippen LogP contribution in [0.15, 0.2) is 41.5 Å². The topological polar surface area (TPSA) is 29.5 Å². The molecule has 0 N–H and O–H groups in total. The Hall–Kier alpha value is -1.61. The molecule has 0 spiro atoms. The van der Waals surface area contributed by atoms with Crippen LogP contribution in [0.1, 0.15) is 64.4 Å². The summed E-state index contributed by atoms with van der Waals surface area (Å²) in [6.07, 6.45) is 9.77. The highest BCUT2D eigenvalue weighted by molar-refractivity contribution is 5.76. The van der Waals surface area contributed by atoms with Gasteiger partial charge in [0.05, 0.1) is 5.92 Å². The minimum Gasteiger partial charge on any atom is -0.462 e. The van der Waals surface area contributed by atoms with Gasteiger partial charge >= 0.3 is 5.97 Å². The third-order valence-corrected chi connectivity index (χ3v) is 8.71. The van der Waals surface area contributed by atoms with Gasteiger partial charge in [-0.2, -0.15) is 0 Å². The Labute approximate surface area is 181 Å². The predicted octanol–water partition coefficient (Wildman–Crippen LogP) is 5.40. The van der Waals surface area contributed by atoms with Crippen molar-refractivity contribution in [2.24, 2.45) is 23.2 Å². The van der Waals surface area contributed by atoms with Gasteiger partial charge in [-0.1, -0.05) is 48.4 Å². The van der Waals surface area contributed by atoms with Crippen LogP contribution in [-0.4, -0.2) is 36.6 Å². The van der Waals surface area contributed by atoms with E-state index in [4.69, 9.17) is 4.74 Å². The lowest BCUT2D eigenvalue weighted by molar-refractivity contribution is -0.145. The monoisotopic (exact) mass is 407 g/mol. The van der Waals surface area contributed by atoms with Gasteiger partial charge in [0, 0.05) is 12.5 Å². The minimum absolute atomic E-state index is 0.0763. The number of carbonyl (C=O) groups is 1. The van der Waals surface area contributed by atoms with Crippen LogP contribution in [0.4, 0.5) is 0 Å². The van der Waals surface area contributed by atoms with Gasteiger partial charge < -0.3 is 9.64 Å². The van der Waals surface area contributed by atoms with Crippen LogP contribution in [0.2, 0.25) is 0 Å². The maximum absolute atomic E-state index is 12.8. The van der Waals surface area contributed by atoms with E-state index in [0.717, 1.165) is 38.4 Å². The molecule has 3 nitrogen and oxygen atoms in total. The second kappa shape index (κ2) is 8.15. The zero-order valence-corrected chi connectivity index (χ0v) is 18.7. The number of allylic oxidation sites excluding steroid dienone is 2. The van der Waals surface area contributed by atoms with Crippen molar-refractivity contribution in [3.63, 3.8) is 0 Å². The van der Waals surface area contributed by atoms with Crippen LogP contribution in [-0.2, 0) is 16.0 Å². The smallest absolute Gasteiger partial charge is 0.310 e. The van der Waals surface area contributed by atoms with E-state index in [0.29, 0.717) is 5.92 Å². The van der Waals surface area contributed by atoms with E-state index in [2.05, 4.69) is 49.1 Å². The number of ether oxygens (including phenoxy) is 1. The van der Waals surface area contributed by atoms with Crippen LogP contribution >= 0.6 is 0 Å². The second-order valence-corrected chi connectivity index (χ2v) is 10.8. The van der Waals surface area contributed by atoms with Crippen molar-refractivity contribution in [2.45, 2.75) is 71.3 Å². The molecule has 0 aromatic heterocycles. The lowest BCUT2D eigenvalue weighted by atomic mass is 9.59. The highest BCUT2D eigenvalue weighted by atomic mass is 16.6. The van der Waals surface area contributed by atoms with Crippen molar-refractivity contribution in [3.8, 4) is 0 Å². The highest BCUT2D eigenvalue weighted by Gasteiger charge is 2.53. The fraction of sp³-hybridized carbons (Fsp3) is 0.667. The third-order valence-electron chi connectivity index (χ3n) is 8.71. The second-order valence-electron chi connectivity index (χ2n) is 10.8. The predicted molar refractivity (Wildman–Crippen MR) is 120 cm³/mol. The number of benzene rings is 1.